The molecule has 1 aromatic carbocycles. The molecule has 2 unspecified atom stereocenters. The number of aliphatic carboxylic acids is 1. The summed E-state index contributed by atoms with van der Waals surface area (Å²) in [4.78, 5) is 11.3. The Morgan fingerprint density at radius 3 is 2.60 bits per heavy atom. The van der Waals surface area contributed by atoms with Gasteiger partial charge in [0.1, 0.15) is 0 Å². The second-order valence-corrected chi connectivity index (χ2v) is 4.78. The largest absolute Gasteiger partial charge is 0.490 e. The minimum atomic E-state index is -0.758. The summed E-state index contributed by atoms with van der Waals surface area (Å²) >= 11 is 0. The number of carboxylic acid groups (broad SMARTS) is 1. The molecule has 2 rings (SSSR count). The fraction of sp³-hybridized carbons (Fsp3) is 0.533. The first kappa shape index (κ1) is 14.7. The lowest BCUT2D eigenvalue weighted by Crippen LogP contribution is -2.21. The van der Waals surface area contributed by atoms with Crippen molar-refractivity contribution >= 4 is 5.97 Å². The smallest absolute Gasteiger partial charge is 0.308 e. The molecule has 0 aromatic heterocycles. The monoisotopic (exact) mass is 279 g/mol. The number of hydrogen-bond donors (Lipinski definition) is 2. The average molecular weight is 279 g/mol. The third kappa shape index (κ3) is 3.04. The van der Waals surface area contributed by atoms with E-state index in [0.29, 0.717) is 37.8 Å². The minimum absolute atomic E-state index is 0.0256. The lowest BCUT2D eigenvalue weighted by Gasteiger charge is -2.18. The van der Waals surface area contributed by atoms with Crippen LogP contribution >= 0.6 is 0 Å². The fourth-order valence-electron chi connectivity index (χ4n) is 2.59. The lowest BCUT2D eigenvalue weighted by atomic mass is 9.89. The van der Waals surface area contributed by atoms with Crippen molar-refractivity contribution in [3.63, 3.8) is 0 Å². The van der Waals surface area contributed by atoms with Gasteiger partial charge < -0.3 is 19.9 Å². The van der Waals surface area contributed by atoms with Crippen molar-refractivity contribution in [1.29, 1.82) is 0 Å². The summed E-state index contributed by atoms with van der Waals surface area (Å²) in [5.41, 5.74) is 0.981. The molecule has 20 heavy (non-hydrogen) atoms. The maximum Gasteiger partial charge on any atom is 0.308 e. The number of hydrogen-bond acceptors (Lipinski definition) is 4. The minimum Gasteiger partial charge on any atom is -0.490 e. The first-order valence-corrected chi connectivity index (χ1v) is 7.00. The zero-order valence-corrected chi connectivity index (χ0v) is 11.9. The van der Waals surface area contributed by atoms with E-state index in [1.807, 2.05) is 32.0 Å². The quantitative estimate of drug-likeness (QED) is 0.832. The van der Waals surface area contributed by atoms with Gasteiger partial charge in [-0.25, -0.2) is 0 Å². The molecule has 0 spiro atoms. The van der Waals surface area contributed by atoms with Crippen molar-refractivity contribution in [2.24, 2.45) is 5.92 Å². The second kappa shape index (κ2) is 6.61. The SMILES string of the molecule is CCOc1ccc(C2CNCC2C(=O)O)cc1OCC. The molecular formula is C15H21NO4. The van der Waals surface area contributed by atoms with Gasteiger partial charge in [0.25, 0.3) is 0 Å². The van der Waals surface area contributed by atoms with Crippen LogP contribution in [0.5, 0.6) is 11.5 Å². The van der Waals surface area contributed by atoms with Crippen LogP contribution in [0.15, 0.2) is 18.2 Å². The molecule has 1 aliphatic rings. The van der Waals surface area contributed by atoms with Crippen molar-refractivity contribution in [2.75, 3.05) is 26.3 Å². The van der Waals surface area contributed by atoms with Crippen molar-refractivity contribution in [2.45, 2.75) is 19.8 Å². The van der Waals surface area contributed by atoms with E-state index >= 15 is 0 Å². The Kier molecular flexibility index (Phi) is 4.84. The summed E-state index contributed by atoms with van der Waals surface area (Å²) in [7, 11) is 0. The summed E-state index contributed by atoms with van der Waals surface area (Å²) in [6, 6.07) is 5.70. The molecule has 0 aliphatic carbocycles. The topological polar surface area (TPSA) is 67.8 Å². The van der Waals surface area contributed by atoms with E-state index in [4.69, 9.17) is 9.47 Å². The fourth-order valence-corrected chi connectivity index (χ4v) is 2.59. The molecule has 0 saturated carbocycles. The van der Waals surface area contributed by atoms with Gasteiger partial charge >= 0.3 is 5.97 Å². The highest BCUT2D eigenvalue weighted by molar-refractivity contribution is 5.72. The highest BCUT2D eigenvalue weighted by Crippen LogP contribution is 2.35. The van der Waals surface area contributed by atoms with E-state index in [2.05, 4.69) is 5.32 Å². The number of carbonyl (C=O) groups is 1. The van der Waals surface area contributed by atoms with Crippen LogP contribution in [0.1, 0.15) is 25.3 Å². The van der Waals surface area contributed by atoms with E-state index in [0.717, 1.165) is 5.56 Å². The van der Waals surface area contributed by atoms with Crippen LogP contribution in [0.3, 0.4) is 0 Å². The molecule has 1 fully saturated rings. The maximum atomic E-state index is 11.3. The van der Waals surface area contributed by atoms with E-state index in [1.165, 1.54) is 0 Å². The van der Waals surface area contributed by atoms with Crippen LogP contribution in [0, 0.1) is 5.92 Å². The van der Waals surface area contributed by atoms with Crippen LogP contribution in [-0.4, -0.2) is 37.4 Å². The van der Waals surface area contributed by atoms with E-state index < -0.39 is 5.97 Å². The van der Waals surface area contributed by atoms with Gasteiger partial charge in [-0.15, -0.1) is 0 Å². The molecule has 2 atom stereocenters. The van der Waals surface area contributed by atoms with Crippen molar-refractivity contribution in [3.8, 4) is 11.5 Å². The average Bonchev–Trinajstić information content (AvgIpc) is 2.91. The molecule has 5 heteroatoms. The lowest BCUT2D eigenvalue weighted by molar-refractivity contribution is -0.141. The van der Waals surface area contributed by atoms with Crippen molar-refractivity contribution in [3.05, 3.63) is 23.8 Å². The first-order chi connectivity index (χ1) is 9.67. The number of carboxylic acids is 1. The Morgan fingerprint density at radius 2 is 1.95 bits per heavy atom. The van der Waals surface area contributed by atoms with Gasteiger partial charge in [0, 0.05) is 19.0 Å². The van der Waals surface area contributed by atoms with Crippen LogP contribution < -0.4 is 14.8 Å². The first-order valence-electron chi connectivity index (χ1n) is 7.00. The number of ether oxygens (including phenoxy) is 2. The van der Waals surface area contributed by atoms with Crippen LogP contribution in [0.25, 0.3) is 0 Å². The standard InChI is InChI=1S/C15H21NO4/c1-3-19-13-6-5-10(7-14(13)20-4-2)11-8-16-9-12(11)15(17)18/h5-7,11-12,16H,3-4,8-9H2,1-2H3,(H,17,18). The Balaban J connectivity index is 2.28. The molecule has 1 heterocycles. The Bertz CT molecular complexity index is 475. The third-order valence-electron chi connectivity index (χ3n) is 3.53. The zero-order chi connectivity index (χ0) is 14.5. The van der Waals surface area contributed by atoms with Gasteiger partial charge in [-0.3, -0.25) is 4.79 Å². The Morgan fingerprint density at radius 1 is 1.25 bits per heavy atom. The maximum absolute atomic E-state index is 11.3. The summed E-state index contributed by atoms with van der Waals surface area (Å²) in [5.74, 6) is 0.218. The summed E-state index contributed by atoms with van der Waals surface area (Å²) in [6.07, 6.45) is 0. The molecule has 0 bridgehead atoms. The van der Waals surface area contributed by atoms with E-state index in [-0.39, 0.29) is 11.8 Å². The normalized spacial score (nSPS) is 21.7. The van der Waals surface area contributed by atoms with Crippen molar-refractivity contribution < 1.29 is 19.4 Å². The zero-order valence-electron chi connectivity index (χ0n) is 11.9. The van der Waals surface area contributed by atoms with Crippen LogP contribution in [0.4, 0.5) is 0 Å². The highest BCUT2D eigenvalue weighted by atomic mass is 16.5. The molecule has 2 N–H and O–H groups in total. The Hall–Kier alpha value is -1.75. The van der Waals surface area contributed by atoms with Gasteiger partial charge in [-0.05, 0) is 31.5 Å². The van der Waals surface area contributed by atoms with E-state index in [9.17, 15) is 9.90 Å². The third-order valence-corrected chi connectivity index (χ3v) is 3.53. The molecule has 0 radical (unpaired) electrons. The van der Waals surface area contributed by atoms with Crippen LogP contribution in [-0.2, 0) is 4.79 Å². The van der Waals surface area contributed by atoms with Crippen LogP contribution in [0.2, 0.25) is 0 Å². The molecule has 1 aromatic rings. The van der Waals surface area contributed by atoms with E-state index in [1.54, 1.807) is 0 Å². The molecule has 1 saturated heterocycles. The number of rotatable bonds is 6. The van der Waals surface area contributed by atoms with Crippen molar-refractivity contribution in [1.82, 2.24) is 5.32 Å². The Labute approximate surface area is 118 Å². The van der Waals surface area contributed by atoms with Gasteiger partial charge in [-0.2, -0.15) is 0 Å². The molecule has 0 amide bonds. The highest BCUT2D eigenvalue weighted by Gasteiger charge is 2.34. The van der Waals surface area contributed by atoms with Gasteiger partial charge in [-0.1, -0.05) is 6.07 Å². The summed E-state index contributed by atoms with van der Waals surface area (Å²) in [6.45, 7) is 6.15. The van der Waals surface area contributed by atoms with Gasteiger partial charge in [0.05, 0.1) is 19.1 Å². The second-order valence-electron chi connectivity index (χ2n) is 4.78. The number of benzene rings is 1. The summed E-state index contributed by atoms with van der Waals surface area (Å²) in [5, 5.41) is 12.4. The summed E-state index contributed by atoms with van der Waals surface area (Å²) < 4.78 is 11.1. The van der Waals surface area contributed by atoms with Gasteiger partial charge in [0.2, 0.25) is 0 Å². The number of nitrogens with one attached hydrogen (secondary N) is 1. The molecule has 1 aliphatic heterocycles. The predicted molar refractivity (Wildman–Crippen MR) is 75.5 cm³/mol. The predicted octanol–water partition coefficient (Wildman–Crippen LogP) is 1.87. The molecule has 110 valence electrons. The molecular weight excluding hydrogens is 258 g/mol. The molecule has 5 nitrogen and oxygen atoms in total. The van der Waals surface area contributed by atoms with Gasteiger partial charge in [0.15, 0.2) is 11.5 Å².